The molecule has 0 bridgehead atoms. The molecule has 0 atom stereocenters. The highest BCUT2D eigenvalue weighted by Gasteiger charge is 2.45. The number of nitrogens with zero attached hydrogens (tertiary/aromatic N) is 4. The highest BCUT2D eigenvalue weighted by molar-refractivity contribution is 5.98. The molecule has 0 radical (unpaired) electrons. The summed E-state index contributed by atoms with van der Waals surface area (Å²) in [5, 5.41) is 8.84. The molecule has 3 heterocycles. The van der Waals surface area contributed by atoms with Gasteiger partial charge in [0.05, 0.1) is 6.20 Å². The molecule has 3 aromatic rings. The van der Waals surface area contributed by atoms with Gasteiger partial charge in [-0.15, -0.1) is 0 Å². The van der Waals surface area contributed by atoms with Crippen molar-refractivity contribution < 1.29 is 9.18 Å². The van der Waals surface area contributed by atoms with E-state index in [1.165, 1.54) is 12.8 Å². The fraction of sp³-hybridized carbons (Fsp3) is 0.458. The number of piperidine rings is 1. The van der Waals surface area contributed by atoms with Crippen LogP contribution in [0.2, 0.25) is 0 Å². The number of carbonyl (C=O) groups excluding carboxylic acids is 1. The van der Waals surface area contributed by atoms with Crippen LogP contribution in [0.3, 0.4) is 0 Å². The van der Waals surface area contributed by atoms with Gasteiger partial charge in [-0.2, -0.15) is 5.10 Å². The van der Waals surface area contributed by atoms with Gasteiger partial charge in [0, 0.05) is 62.9 Å². The number of pyridine rings is 1. The van der Waals surface area contributed by atoms with Crippen LogP contribution in [0.5, 0.6) is 0 Å². The van der Waals surface area contributed by atoms with E-state index < -0.39 is 11.6 Å². The number of carbonyl (C=O) groups is 1. The number of amides is 1. The second-order valence-electron chi connectivity index (χ2n) is 9.54. The fourth-order valence-electron chi connectivity index (χ4n) is 4.39. The summed E-state index contributed by atoms with van der Waals surface area (Å²) in [4.78, 5) is 19.4. The first-order valence-electron chi connectivity index (χ1n) is 10.9. The maximum atomic E-state index is 15.4. The smallest absolute Gasteiger partial charge is 0.263 e. The third-order valence-electron chi connectivity index (χ3n) is 6.77. The van der Waals surface area contributed by atoms with E-state index in [9.17, 15) is 4.79 Å². The molecule has 162 valence electrons. The lowest BCUT2D eigenvalue weighted by Gasteiger charge is -2.36. The minimum Gasteiger partial charge on any atom is -0.308 e. The van der Waals surface area contributed by atoms with Crippen molar-refractivity contribution in [3.05, 3.63) is 42.9 Å². The first-order chi connectivity index (χ1) is 14.8. The van der Waals surface area contributed by atoms with Crippen molar-refractivity contribution in [3.63, 3.8) is 0 Å². The predicted molar refractivity (Wildman–Crippen MR) is 119 cm³/mol. The van der Waals surface area contributed by atoms with E-state index in [4.69, 9.17) is 0 Å². The quantitative estimate of drug-likeness (QED) is 0.671. The van der Waals surface area contributed by atoms with Crippen LogP contribution < -0.4 is 5.32 Å². The van der Waals surface area contributed by atoms with Crippen molar-refractivity contribution in [1.29, 1.82) is 0 Å². The molecule has 1 aromatic carbocycles. The highest BCUT2D eigenvalue weighted by atomic mass is 19.1. The Hall–Kier alpha value is -2.80. The third kappa shape index (κ3) is 4.19. The summed E-state index contributed by atoms with van der Waals surface area (Å²) in [5.74, 6) is -0.203. The number of rotatable bonds is 5. The van der Waals surface area contributed by atoms with Crippen LogP contribution >= 0.6 is 0 Å². The molecule has 2 aliphatic rings. The van der Waals surface area contributed by atoms with Crippen LogP contribution in [0.4, 0.5) is 10.2 Å². The van der Waals surface area contributed by atoms with Crippen molar-refractivity contribution in [2.45, 2.75) is 38.3 Å². The fourth-order valence-corrected chi connectivity index (χ4v) is 4.39. The number of nitrogens with one attached hydrogen (secondary N) is 1. The van der Waals surface area contributed by atoms with Gasteiger partial charge < -0.3 is 10.2 Å². The summed E-state index contributed by atoms with van der Waals surface area (Å²) < 4.78 is 17.2. The molecule has 1 saturated heterocycles. The lowest BCUT2D eigenvalue weighted by atomic mass is 9.91. The largest absolute Gasteiger partial charge is 0.308 e. The molecule has 0 spiro atoms. The standard InChI is InChI=1S/C24H28FN5O/c1-23(5-6-23)16-30-9-7-24(25,8-10-30)22(31)28-21-12-19-11-17(3-4-18(19)13-26-21)20-14-27-29(2)15-20/h3-4,11-15H,5-10,16H2,1-2H3,(H,26,28,31). The first kappa shape index (κ1) is 20.1. The number of anilines is 1. The van der Waals surface area contributed by atoms with E-state index in [1.54, 1.807) is 16.9 Å². The molecule has 1 amide bonds. The summed E-state index contributed by atoms with van der Waals surface area (Å²) in [6.07, 6.45) is 8.44. The molecule has 5 rings (SSSR count). The minimum absolute atomic E-state index is 0.230. The minimum atomic E-state index is -1.84. The van der Waals surface area contributed by atoms with Crippen molar-refractivity contribution in [2.24, 2.45) is 12.5 Å². The molecule has 0 unspecified atom stereocenters. The molecule has 6 nitrogen and oxygen atoms in total. The maximum absolute atomic E-state index is 15.4. The molecule has 1 aliphatic heterocycles. The summed E-state index contributed by atoms with van der Waals surface area (Å²) in [6, 6.07) is 7.85. The molecular formula is C24H28FN5O. The van der Waals surface area contributed by atoms with E-state index >= 15 is 4.39 Å². The Morgan fingerprint density at radius 2 is 1.87 bits per heavy atom. The van der Waals surface area contributed by atoms with E-state index in [0.717, 1.165) is 28.4 Å². The maximum Gasteiger partial charge on any atom is 0.263 e. The van der Waals surface area contributed by atoms with Gasteiger partial charge in [0.2, 0.25) is 0 Å². The van der Waals surface area contributed by atoms with Gasteiger partial charge in [-0.3, -0.25) is 9.48 Å². The zero-order valence-corrected chi connectivity index (χ0v) is 18.1. The van der Waals surface area contributed by atoms with Gasteiger partial charge in [0.25, 0.3) is 5.91 Å². The monoisotopic (exact) mass is 421 g/mol. The Morgan fingerprint density at radius 1 is 1.10 bits per heavy atom. The Balaban J connectivity index is 1.28. The topological polar surface area (TPSA) is 63.1 Å². The van der Waals surface area contributed by atoms with Crippen LogP contribution in [0.15, 0.2) is 42.9 Å². The number of fused-ring (bicyclic) bond motifs is 1. The number of likely N-dealkylation sites (tertiary alicyclic amines) is 1. The zero-order valence-electron chi connectivity index (χ0n) is 18.1. The third-order valence-corrected chi connectivity index (χ3v) is 6.77. The normalized spacial score (nSPS) is 20.0. The first-order valence-corrected chi connectivity index (χ1v) is 10.9. The molecule has 2 aromatic heterocycles. The van der Waals surface area contributed by atoms with Gasteiger partial charge >= 0.3 is 0 Å². The van der Waals surface area contributed by atoms with E-state index in [-0.39, 0.29) is 12.8 Å². The molecule has 7 heteroatoms. The second-order valence-corrected chi connectivity index (χ2v) is 9.54. The molecule has 1 saturated carbocycles. The van der Waals surface area contributed by atoms with Crippen LogP contribution in [-0.2, 0) is 11.8 Å². The second kappa shape index (κ2) is 7.41. The van der Waals surface area contributed by atoms with E-state index in [1.807, 2.05) is 37.6 Å². The average Bonchev–Trinajstić information content (AvgIpc) is 3.32. The number of aryl methyl sites for hydroxylation is 1. The van der Waals surface area contributed by atoms with Gasteiger partial charge in [0.15, 0.2) is 5.67 Å². The highest BCUT2D eigenvalue weighted by Crippen LogP contribution is 2.46. The van der Waals surface area contributed by atoms with Gasteiger partial charge in [-0.1, -0.05) is 19.1 Å². The Morgan fingerprint density at radius 3 is 2.55 bits per heavy atom. The molecule has 2 fully saturated rings. The number of hydrogen-bond donors (Lipinski definition) is 1. The van der Waals surface area contributed by atoms with Crippen LogP contribution in [0.25, 0.3) is 21.9 Å². The number of benzene rings is 1. The molecule has 1 N–H and O–H groups in total. The van der Waals surface area contributed by atoms with Crippen LogP contribution in [0, 0.1) is 5.41 Å². The summed E-state index contributed by atoms with van der Waals surface area (Å²) >= 11 is 0. The van der Waals surface area contributed by atoms with E-state index in [2.05, 4.69) is 27.2 Å². The average molecular weight is 422 g/mol. The van der Waals surface area contributed by atoms with Crippen molar-refractivity contribution in [3.8, 4) is 11.1 Å². The zero-order chi connectivity index (χ0) is 21.6. The number of aromatic nitrogens is 3. The summed E-state index contributed by atoms with van der Waals surface area (Å²) in [7, 11) is 1.88. The van der Waals surface area contributed by atoms with Crippen molar-refractivity contribution in [1.82, 2.24) is 19.7 Å². The SMILES string of the molecule is Cn1cc(-c2ccc3cnc(NC(=O)C4(F)CCN(CC5(C)CC5)CC4)cc3c2)cn1. The lowest BCUT2D eigenvalue weighted by Crippen LogP contribution is -2.49. The molecule has 1 aliphatic carbocycles. The van der Waals surface area contributed by atoms with E-state index in [0.29, 0.717) is 24.3 Å². The molecule has 31 heavy (non-hydrogen) atoms. The summed E-state index contributed by atoms with van der Waals surface area (Å²) in [6.45, 7) is 4.54. The lowest BCUT2D eigenvalue weighted by molar-refractivity contribution is -0.130. The Bertz CT molecular complexity index is 1130. The Kier molecular flexibility index (Phi) is 4.81. The molecular weight excluding hydrogens is 393 g/mol. The van der Waals surface area contributed by atoms with Gasteiger partial charge in [0.1, 0.15) is 5.82 Å². The van der Waals surface area contributed by atoms with Gasteiger partial charge in [-0.05, 0) is 41.3 Å². The predicted octanol–water partition coefficient (Wildman–Crippen LogP) is 4.18. The number of alkyl halides is 1. The number of halogens is 1. The van der Waals surface area contributed by atoms with Gasteiger partial charge in [-0.25, -0.2) is 9.37 Å². The van der Waals surface area contributed by atoms with Crippen molar-refractivity contribution in [2.75, 3.05) is 25.0 Å². The van der Waals surface area contributed by atoms with Crippen LogP contribution in [-0.4, -0.2) is 50.9 Å². The van der Waals surface area contributed by atoms with Crippen molar-refractivity contribution >= 4 is 22.5 Å². The number of hydrogen-bond acceptors (Lipinski definition) is 4. The Labute approximate surface area is 181 Å². The van der Waals surface area contributed by atoms with Crippen LogP contribution in [0.1, 0.15) is 32.6 Å². The summed E-state index contributed by atoms with van der Waals surface area (Å²) in [5.41, 5.74) is 0.612.